The van der Waals surface area contributed by atoms with Crippen LogP contribution in [0.4, 0.5) is 23.8 Å². The fourth-order valence-corrected chi connectivity index (χ4v) is 3.03. The molecule has 2 fully saturated rings. The van der Waals surface area contributed by atoms with Crippen molar-refractivity contribution < 1.29 is 23.1 Å². The number of carbonyl (C=O) groups is 1. The Kier molecular flexibility index (Phi) is 2.91. The Morgan fingerprint density at radius 1 is 1.48 bits per heavy atom. The van der Waals surface area contributed by atoms with E-state index in [0.29, 0.717) is 13.0 Å². The van der Waals surface area contributed by atoms with E-state index in [2.05, 4.69) is 4.98 Å². The Morgan fingerprint density at radius 2 is 2.19 bits per heavy atom. The lowest BCUT2D eigenvalue weighted by Crippen LogP contribution is -2.45. The lowest BCUT2D eigenvalue weighted by atomic mass is 9.98. The molecule has 0 spiro atoms. The number of carbonyl (C=O) groups excluding carboxylic acids is 1. The third kappa shape index (κ3) is 1.97. The second kappa shape index (κ2) is 4.33. The van der Waals surface area contributed by atoms with E-state index in [0.717, 1.165) is 29.7 Å². The van der Waals surface area contributed by atoms with Gasteiger partial charge in [-0.2, -0.15) is 13.2 Å². The predicted octanol–water partition coefficient (Wildman–Crippen LogP) is 2.21. The maximum Gasteiger partial charge on any atom is 0.416 e. The maximum absolute atomic E-state index is 12.8. The van der Waals surface area contributed by atoms with Crippen LogP contribution in [0.2, 0.25) is 0 Å². The Labute approximate surface area is 119 Å². The van der Waals surface area contributed by atoms with Gasteiger partial charge in [-0.1, -0.05) is 0 Å². The van der Waals surface area contributed by atoms with Crippen LogP contribution in [0.25, 0.3) is 0 Å². The fraction of sp³-hybridized carbons (Fsp3) is 0.538. The summed E-state index contributed by atoms with van der Waals surface area (Å²) in [7, 11) is 0. The zero-order chi connectivity index (χ0) is 15.4. The lowest BCUT2D eigenvalue weighted by Gasteiger charge is -2.29. The van der Waals surface area contributed by atoms with Gasteiger partial charge in [0.05, 0.1) is 11.1 Å². The van der Waals surface area contributed by atoms with Gasteiger partial charge in [0.2, 0.25) is 0 Å². The van der Waals surface area contributed by atoms with E-state index in [1.807, 2.05) is 0 Å². The molecule has 3 heterocycles. The molecule has 5 nitrogen and oxygen atoms in total. The number of anilines is 1. The number of nitrogens with zero attached hydrogens (tertiary/aromatic N) is 3. The van der Waals surface area contributed by atoms with Crippen molar-refractivity contribution in [3.63, 3.8) is 0 Å². The van der Waals surface area contributed by atoms with Crippen molar-refractivity contribution in [1.82, 2.24) is 9.88 Å². The van der Waals surface area contributed by atoms with Crippen LogP contribution in [0, 0.1) is 0 Å². The second-order valence-electron chi connectivity index (χ2n) is 5.54. The van der Waals surface area contributed by atoms with Gasteiger partial charge in [-0.05, 0) is 31.9 Å². The Bertz CT molecular complexity index is 592. The van der Waals surface area contributed by atoms with Gasteiger partial charge >= 0.3 is 12.2 Å². The summed E-state index contributed by atoms with van der Waals surface area (Å²) in [5.74, 6) is -0.182. The molecular weight excluding hydrogens is 287 g/mol. The summed E-state index contributed by atoms with van der Waals surface area (Å²) < 4.78 is 38.3. The smallest absolute Gasteiger partial charge is 0.371 e. The number of fused-ring (bicyclic) bond motifs is 1. The number of aliphatic hydroxyl groups excluding tert-OH is 1. The Hall–Kier alpha value is -1.83. The highest BCUT2D eigenvalue weighted by Crippen LogP contribution is 2.42. The zero-order valence-corrected chi connectivity index (χ0v) is 11.3. The van der Waals surface area contributed by atoms with Crippen LogP contribution in [0.1, 0.15) is 25.3 Å². The molecule has 3 rings (SSSR count). The van der Waals surface area contributed by atoms with Crippen LogP contribution in [0.3, 0.4) is 0 Å². The standard InChI is InChI=1S/C13H14F3N3O2/c1-12-4-2-6-18(12)11(21)19(10(12)20)9-7-8(3-5-17-9)13(14,15)16/h3,5,7,10,20H,2,4,6H2,1H3. The van der Waals surface area contributed by atoms with Crippen molar-refractivity contribution in [2.75, 3.05) is 11.4 Å². The molecule has 1 N–H and O–H groups in total. The van der Waals surface area contributed by atoms with Crippen molar-refractivity contribution in [3.8, 4) is 0 Å². The molecule has 0 aliphatic carbocycles. The third-order valence-corrected chi connectivity index (χ3v) is 4.24. The van der Waals surface area contributed by atoms with Crippen molar-refractivity contribution in [2.24, 2.45) is 0 Å². The average molecular weight is 301 g/mol. The number of amides is 2. The molecule has 114 valence electrons. The summed E-state index contributed by atoms with van der Waals surface area (Å²) in [5.41, 5.74) is -1.67. The summed E-state index contributed by atoms with van der Waals surface area (Å²) in [6.07, 6.45) is -3.36. The van der Waals surface area contributed by atoms with E-state index < -0.39 is 29.5 Å². The van der Waals surface area contributed by atoms with E-state index in [-0.39, 0.29) is 5.82 Å². The summed E-state index contributed by atoms with van der Waals surface area (Å²) in [5, 5.41) is 10.4. The molecule has 2 saturated heterocycles. The number of urea groups is 1. The summed E-state index contributed by atoms with van der Waals surface area (Å²) in [6, 6.07) is 1.11. The largest absolute Gasteiger partial charge is 0.416 e. The number of alkyl halides is 3. The van der Waals surface area contributed by atoms with Gasteiger partial charge in [-0.15, -0.1) is 0 Å². The molecule has 1 aromatic heterocycles. The molecule has 2 amide bonds. The molecule has 21 heavy (non-hydrogen) atoms. The van der Waals surface area contributed by atoms with Crippen LogP contribution < -0.4 is 4.90 Å². The van der Waals surface area contributed by atoms with Crippen LogP contribution in [-0.4, -0.2) is 39.3 Å². The van der Waals surface area contributed by atoms with Gasteiger partial charge in [0.1, 0.15) is 5.82 Å². The molecule has 0 bridgehead atoms. The Balaban J connectivity index is 2.00. The molecular formula is C13H14F3N3O2. The highest BCUT2D eigenvalue weighted by atomic mass is 19.4. The van der Waals surface area contributed by atoms with E-state index in [9.17, 15) is 23.1 Å². The molecule has 0 saturated carbocycles. The van der Waals surface area contributed by atoms with E-state index in [1.165, 1.54) is 4.90 Å². The van der Waals surface area contributed by atoms with Crippen molar-refractivity contribution in [3.05, 3.63) is 23.9 Å². The average Bonchev–Trinajstić information content (AvgIpc) is 2.88. The first-order chi connectivity index (χ1) is 9.75. The van der Waals surface area contributed by atoms with E-state index >= 15 is 0 Å². The minimum atomic E-state index is -4.52. The highest BCUT2D eigenvalue weighted by Gasteiger charge is 2.57. The number of hydrogen-bond acceptors (Lipinski definition) is 3. The fourth-order valence-electron chi connectivity index (χ4n) is 3.03. The number of aromatic nitrogens is 1. The molecule has 0 radical (unpaired) electrons. The normalized spacial score (nSPS) is 29.2. The van der Waals surface area contributed by atoms with Gasteiger partial charge < -0.3 is 10.0 Å². The number of aliphatic hydroxyl groups is 1. The first-order valence-corrected chi connectivity index (χ1v) is 6.57. The molecule has 8 heteroatoms. The van der Waals surface area contributed by atoms with Crippen molar-refractivity contribution in [2.45, 2.75) is 37.7 Å². The number of rotatable bonds is 1. The Morgan fingerprint density at radius 3 is 2.81 bits per heavy atom. The molecule has 2 aliphatic rings. The quantitative estimate of drug-likeness (QED) is 0.865. The summed E-state index contributed by atoms with van der Waals surface area (Å²) >= 11 is 0. The van der Waals surface area contributed by atoms with Crippen LogP contribution in [0.5, 0.6) is 0 Å². The molecule has 0 aromatic carbocycles. The van der Waals surface area contributed by atoms with Gasteiger partial charge in [0, 0.05) is 12.7 Å². The SMILES string of the molecule is CC12CCCN1C(=O)N(c1cc(C(F)(F)F)ccn1)C2O. The topological polar surface area (TPSA) is 56.7 Å². The number of hydrogen-bond donors (Lipinski definition) is 1. The van der Waals surface area contributed by atoms with Crippen LogP contribution in [-0.2, 0) is 6.18 Å². The summed E-state index contributed by atoms with van der Waals surface area (Å²) in [6.45, 7) is 2.22. The van der Waals surface area contributed by atoms with Crippen LogP contribution >= 0.6 is 0 Å². The molecule has 2 unspecified atom stereocenters. The molecule has 2 atom stereocenters. The number of pyridine rings is 1. The van der Waals surface area contributed by atoms with Crippen molar-refractivity contribution in [1.29, 1.82) is 0 Å². The lowest BCUT2D eigenvalue weighted by molar-refractivity contribution is -0.137. The van der Waals surface area contributed by atoms with Crippen LogP contribution in [0.15, 0.2) is 18.3 Å². The summed E-state index contributed by atoms with van der Waals surface area (Å²) in [4.78, 5) is 18.6. The first-order valence-electron chi connectivity index (χ1n) is 6.57. The third-order valence-electron chi connectivity index (χ3n) is 4.24. The van der Waals surface area contributed by atoms with Gasteiger partial charge in [-0.25, -0.2) is 14.7 Å². The zero-order valence-electron chi connectivity index (χ0n) is 11.3. The van der Waals surface area contributed by atoms with Gasteiger partial charge in [0.15, 0.2) is 6.23 Å². The van der Waals surface area contributed by atoms with E-state index in [1.54, 1.807) is 6.92 Å². The first kappa shape index (κ1) is 14.1. The highest BCUT2D eigenvalue weighted by molar-refractivity contribution is 5.95. The second-order valence-corrected chi connectivity index (χ2v) is 5.54. The molecule has 2 aliphatic heterocycles. The number of halogens is 3. The monoisotopic (exact) mass is 301 g/mol. The van der Waals surface area contributed by atoms with Gasteiger partial charge in [0.25, 0.3) is 0 Å². The van der Waals surface area contributed by atoms with E-state index in [4.69, 9.17) is 0 Å². The molecule has 1 aromatic rings. The van der Waals surface area contributed by atoms with Gasteiger partial charge in [-0.3, -0.25) is 0 Å². The minimum absolute atomic E-state index is 0.182. The minimum Gasteiger partial charge on any atom is -0.371 e. The maximum atomic E-state index is 12.8. The van der Waals surface area contributed by atoms with Crippen molar-refractivity contribution >= 4 is 11.8 Å². The predicted molar refractivity (Wildman–Crippen MR) is 67.5 cm³/mol.